The summed E-state index contributed by atoms with van der Waals surface area (Å²) in [6.45, 7) is 4.67. The zero-order valence-corrected chi connectivity index (χ0v) is 16.1. The molecule has 144 valence electrons. The van der Waals surface area contributed by atoms with Crippen molar-refractivity contribution in [3.05, 3.63) is 58.4 Å². The highest BCUT2D eigenvalue weighted by Gasteiger charge is 2.35. The lowest BCUT2D eigenvalue weighted by Crippen LogP contribution is -2.33. The molecule has 1 saturated carbocycles. The van der Waals surface area contributed by atoms with Crippen LogP contribution in [0.4, 0.5) is 0 Å². The molecule has 0 saturated heterocycles. The van der Waals surface area contributed by atoms with Gasteiger partial charge in [-0.15, -0.1) is 0 Å². The molecule has 27 heavy (non-hydrogen) atoms. The SMILES string of the molecule is COCCOC(=O)c1c(C)[nH]c(C(=O)N(Cc2ccccc2)C2CC2)c1C. The van der Waals surface area contributed by atoms with E-state index in [0.29, 0.717) is 35.7 Å². The smallest absolute Gasteiger partial charge is 0.340 e. The van der Waals surface area contributed by atoms with E-state index in [1.54, 1.807) is 21.0 Å². The van der Waals surface area contributed by atoms with Crippen LogP contribution in [0.5, 0.6) is 0 Å². The van der Waals surface area contributed by atoms with Crippen molar-refractivity contribution in [1.29, 1.82) is 0 Å². The summed E-state index contributed by atoms with van der Waals surface area (Å²) in [5.74, 6) is -0.503. The quantitative estimate of drug-likeness (QED) is 0.572. The molecule has 6 heteroatoms. The number of ether oxygens (including phenoxy) is 2. The summed E-state index contributed by atoms with van der Waals surface area (Å²) < 4.78 is 10.1. The summed E-state index contributed by atoms with van der Waals surface area (Å²) in [5, 5.41) is 0. The molecule has 1 fully saturated rings. The molecule has 0 spiro atoms. The van der Waals surface area contributed by atoms with E-state index in [0.717, 1.165) is 18.4 Å². The molecule has 2 aromatic rings. The fourth-order valence-corrected chi connectivity index (χ4v) is 3.24. The summed E-state index contributed by atoms with van der Waals surface area (Å²) in [6, 6.07) is 10.2. The van der Waals surface area contributed by atoms with Crippen LogP contribution in [0.3, 0.4) is 0 Å². The van der Waals surface area contributed by atoms with Crippen LogP contribution in [-0.4, -0.2) is 48.1 Å². The first kappa shape index (κ1) is 19.2. The minimum atomic E-state index is -0.432. The first-order valence-corrected chi connectivity index (χ1v) is 9.23. The van der Waals surface area contributed by atoms with Gasteiger partial charge in [0.1, 0.15) is 12.3 Å². The number of rotatable bonds is 8. The fourth-order valence-electron chi connectivity index (χ4n) is 3.24. The number of aryl methyl sites for hydroxylation is 1. The molecule has 6 nitrogen and oxygen atoms in total. The van der Waals surface area contributed by atoms with Crippen LogP contribution in [0.1, 0.15) is 50.5 Å². The molecule has 1 aromatic heterocycles. The van der Waals surface area contributed by atoms with Crippen molar-refractivity contribution in [3.8, 4) is 0 Å². The summed E-state index contributed by atoms with van der Waals surface area (Å²) >= 11 is 0. The Morgan fingerprint density at radius 2 is 1.85 bits per heavy atom. The van der Waals surface area contributed by atoms with Gasteiger partial charge in [0.2, 0.25) is 0 Å². The Balaban J connectivity index is 1.81. The maximum absolute atomic E-state index is 13.2. The average molecular weight is 370 g/mol. The number of esters is 1. The molecular formula is C21H26N2O4. The molecule has 1 aromatic carbocycles. The molecule has 3 rings (SSSR count). The van der Waals surface area contributed by atoms with Gasteiger partial charge in [-0.05, 0) is 37.8 Å². The normalized spacial score (nSPS) is 13.4. The van der Waals surface area contributed by atoms with Crippen LogP contribution in [-0.2, 0) is 16.0 Å². The Morgan fingerprint density at radius 1 is 1.15 bits per heavy atom. The van der Waals surface area contributed by atoms with E-state index in [-0.39, 0.29) is 18.6 Å². The molecule has 1 amide bonds. The molecule has 0 bridgehead atoms. The van der Waals surface area contributed by atoms with Gasteiger partial charge in [-0.2, -0.15) is 0 Å². The van der Waals surface area contributed by atoms with Gasteiger partial charge in [0, 0.05) is 25.4 Å². The Hall–Kier alpha value is -2.60. The van der Waals surface area contributed by atoms with E-state index >= 15 is 0 Å². The van der Waals surface area contributed by atoms with Gasteiger partial charge in [0.15, 0.2) is 0 Å². The molecule has 1 N–H and O–H groups in total. The summed E-state index contributed by atoms with van der Waals surface area (Å²) in [6.07, 6.45) is 2.03. The van der Waals surface area contributed by atoms with E-state index in [2.05, 4.69) is 4.98 Å². The minimum absolute atomic E-state index is 0.0714. The van der Waals surface area contributed by atoms with Crippen LogP contribution in [0.2, 0.25) is 0 Å². The van der Waals surface area contributed by atoms with Gasteiger partial charge in [-0.1, -0.05) is 30.3 Å². The van der Waals surface area contributed by atoms with E-state index in [4.69, 9.17) is 9.47 Å². The van der Waals surface area contributed by atoms with E-state index in [9.17, 15) is 9.59 Å². The Labute approximate surface area is 159 Å². The first-order valence-electron chi connectivity index (χ1n) is 9.23. The third-order valence-corrected chi connectivity index (χ3v) is 4.82. The number of benzene rings is 1. The fraction of sp³-hybridized carbons (Fsp3) is 0.429. The number of nitrogens with one attached hydrogen (secondary N) is 1. The van der Waals surface area contributed by atoms with Crippen molar-refractivity contribution in [1.82, 2.24) is 9.88 Å². The highest BCUT2D eigenvalue weighted by Crippen LogP contribution is 2.31. The minimum Gasteiger partial charge on any atom is -0.460 e. The summed E-state index contributed by atoms with van der Waals surface area (Å²) in [5.41, 5.74) is 3.28. The van der Waals surface area contributed by atoms with Crippen LogP contribution < -0.4 is 0 Å². The summed E-state index contributed by atoms with van der Waals surface area (Å²) in [4.78, 5) is 30.6. The Morgan fingerprint density at radius 3 is 2.48 bits per heavy atom. The van der Waals surface area contributed by atoms with Crippen molar-refractivity contribution in [3.63, 3.8) is 0 Å². The molecular weight excluding hydrogens is 344 g/mol. The van der Waals surface area contributed by atoms with Crippen LogP contribution in [0.15, 0.2) is 30.3 Å². The third-order valence-electron chi connectivity index (χ3n) is 4.82. The molecule has 0 unspecified atom stereocenters. The van der Waals surface area contributed by atoms with E-state index in [1.807, 2.05) is 35.2 Å². The second-order valence-corrected chi connectivity index (χ2v) is 6.90. The standard InChI is InChI=1S/C21H26N2O4/c1-14-18(21(25)27-12-11-26-3)15(2)22-19(14)20(24)23(17-9-10-17)13-16-7-5-4-6-8-16/h4-8,17,22H,9-13H2,1-3H3. The number of carbonyl (C=O) groups is 2. The lowest BCUT2D eigenvalue weighted by Gasteiger charge is -2.22. The largest absolute Gasteiger partial charge is 0.460 e. The van der Waals surface area contributed by atoms with Crippen LogP contribution >= 0.6 is 0 Å². The maximum atomic E-state index is 13.2. The average Bonchev–Trinajstić information content (AvgIpc) is 3.45. The Kier molecular flexibility index (Phi) is 5.96. The zero-order chi connectivity index (χ0) is 19.4. The first-order chi connectivity index (χ1) is 13.0. The predicted octanol–water partition coefficient (Wildman–Crippen LogP) is 3.24. The number of methoxy groups -OCH3 is 1. The highest BCUT2D eigenvalue weighted by atomic mass is 16.6. The van der Waals surface area contributed by atoms with Crippen molar-refractivity contribution >= 4 is 11.9 Å². The van der Waals surface area contributed by atoms with Crippen molar-refractivity contribution < 1.29 is 19.1 Å². The van der Waals surface area contributed by atoms with Gasteiger partial charge in [-0.3, -0.25) is 4.79 Å². The number of amides is 1. The topological polar surface area (TPSA) is 71.6 Å². The lowest BCUT2D eigenvalue weighted by molar-refractivity contribution is 0.0387. The van der Waals surface area contributed by atoms with Gasteiger partial charge < -0.3 is 19.4 Å². The number of H-pyrrole nitrogens is 1. The molecule has 1 aliphatic rings. The van der Waals surface area contributed by atoms with Gasteiger partial charge in [-0.25, -0.2) is 4.79 Å². The van der Waals surface area contributed by atoms with Gasteiger partial charge >= 0.3 is 5.97 Å². The number of carbonyl (C=O) groups excluding carboxylic acids is 2. The van der Waals surface area contributed by atoms with Gasteiger partial charge in [0.05, 0.1) is 12.2 Å². The van der Waals surface area contributed by atoms with Crippen LogP contribution in [0.25, 0.3) is 0 Å². The van der Waals surface area contributed by atoms with E-state index < -0.39 is 5.97 Å². The van der Waals surface area contributed by atoms with Crippen molar-refractivity contribution in [2.24, 2.45) is 0 Å². The molecule has 0 atom stereocenters. The van der Waals surface area contributed by atoms with E-state index in [1.165, 1.54) is 0 Å². The molecule has 1 heterocycles. The summed E-state index contributed by atoms with van der Waals surface area (Å²) in [7, 11) is 1.55. The Bertz CT molecular complexity index is 809. The van der Waals surface area contributed by atoms with Crippen molar-refractivity contribution in [2.75, 3.05) is 20.3 Å². The monoisotopic (exact) mass is 370 g/mol. The second-order valence-electron chi connectivity index (χ2n) is 6.90. The highest BCUT2D eigenvalue weighted by molar-refractivity contribution is 6.00. The maximum Gasteiger partial charge on any atom is 0.340 e. The second kappa shape index (κ2) is 8.39. The number of hydrogen-bond donors (Lipinski definition) is 1. The molecule has 0 aliphatic heterocycles. The lowest BCUT2D eigenvalue weighted by atomic mass is 10.1. The molecule has 1 aliphatic carbocycles. The van der Waals surface area contributed by atoms with Crippen LogP contribution in [0, 0.1) is 13.8 Å². The predicted molar refractivity (Wildman–Crippen MR) is 102 cm³/mol. The molecule has 0 radical (unpaired) electrons. The number of hydrogen-bond acceptors (Lipinski definition) is 4. The number of nitrogens with zero attached hydrogens (tertiary/aromatic N) is 1. The van der Waals surface area contributed by atoms with Gasteiger partial charge in [0.25, 0.3) is 5.91 Å². The third kappa shape index (κ3) is 4.39. The zero-order valence-electron chi connectivity index (χ0n) is 16.1. The number of aromatic nitrogens is 1. The number of aromatic amines is 1. The van der Waals surface area contributed by atoms with Crippen molar-refractivity contribution in [2.45, 2.75) is 39.3 Å².